The Morgan fingerprint density at radius 1 is 1.00 bits per heavy atom. The number of esters is 1. The lowest BCUT2D eigenvalue weighted by atomic mass is 10.1. The van der Waals surface area contributed by atoms with Gasteiger partial charge in [0.15, 0.2) is 13.2 Å². The molecule has 0 saturated carbocycles. The molecular weight excluding hydrogens is 376 g/mol. The fraction of sp³-hybridized carbons (Fsp3) is 0.167. The summed E-state index contributed by atoms with van der Waals surface area (Å²) in [6.45, 7) is 0.657. The van der Waals surface area contributed by atoms with Crippen LogP contribution in [0.25, 0.3) is 0 Å². The van der Waals surface area contributed by atoms with Crippen molar-refractivity contribution in [2.24, 2.45) is 0 Å². The molecule has 0 unspecified atom stereocenters. The predicted octanol–water partition coefficient (Wildman–Crippen LogP) is 1.74. The second kappa shape index (κ2) is 9.44. The predicted molar refractivity (Wildman–Crippen MR) is 96.4 cm³/mol. The maximum atomic E-state index is 11.9. The summed E-state index contributed by atoms with van der Waals surface area (Å²) in [7, 11) is 0. The monoisotopic (exact) mass is 392 g/mol. The number of hydrogen-bond acceptors (Lipinski definition) is 6. The van der Waals surface area contributed by atoms with E-state index in [1.54, 1.807) is 43.3 Å². The van der Waals surface area contributed by atoms with Crippen LogP contribution in [0.2, 0.25) is 5.02 Å². The van der Waals surface area contributed by atoms with E-state index in [4.69, 9.17) is 21.1 Å². The third-order valence-electron chi connectivity index (χ3n) is 3.32. The van der Waals surface area contributed by atoms with Gasteiger partial charge in [-0.05, 0) is 42.8 Å². The number of carbonyl (C=O) groups excluding carboxylic acids is 3. The van der Waals surface area contributed by atoms with Crippen molar-refractivity contribution in [1.29, 1.82) is 0 Å². The number of para-hydroxylation sites is 1. The summed E-state index contributed by atoms with van der Waals surface area (Å²) in [6.07, 6.45) is 0. The fourth-order valence-corrected chi connectivity index (χ4v) is 2.05. The number of halogens is 1. The summed E-state index contributed by atoms with van der Waals surface area (Å²) in [4.78, 5) is 35.1. The van der Waals surface area contributed by atoms with E-state index in [9.17, 15) is 19.5 Å². The van der Waals surface area contributed by atoms with Gasteiger partial charge in [0, 0.05) is 5.02 Å². The van der Waals surface area contributed by atoms with Crippen LogP contribution in [0.5, 0.6) is 11.5 Å². The van der Waals surface area contributed by atoms with Gasteiger partial charge < -0.3 is 14.6 Å². The molecule has 8 nitrogen and oxygen atoms in total. The third-order valence-corrected chi connectivity index (χ3v) is 3.57. The summed E-state index contributed by atoms with van der Waals surface area (Å²) in [5, 5.41) is 10.3. The van der Waals surface area contributed by atoms with Gasteiger partial charge in [-0.3, -0.25) is 20.4 Å². The molecule has 0 bridgehead atoms. The average Bonchev–Trinajstić information content (AvgIpc) is 2.66. The lowest BCUT2D eigenvalue weighted by molar-refractivity contribution is -0.131. The van der Waals surface area contributed by atoms with Gasteiger partial charge in [-0.1, -0.05) is 23.7 Å². The van der Waals surface area contributed by atoms with Crippen molar-refractivity contribution in [2.45, 2.75) is 6.92 Å². The van der Waals surface area contributed by atoms with Crippen molar-refractivity contribution < 1.29 is 29.0 Å². The molecule has 2 aromatic carbocycles. The molecule has 2 aromatic rings. The van der Waals surface area contributed by atoms with E-state index in [-0.39, 0.29) is 17.9 Å². The molecule has 0 saturated heterocycles. The molecule has 0 atom stereocenters. The Morgan fingerprint density at radius 3 is 2.30 bits per heavy atom. The van der Waals surface area contributed by atoms with Crippen LogP contribution in [0.15, 0.2) is 42.5 Å². The van der Waals surface area contributed by atoms with E-state index in [0.29, 0.717) is 16.3 Å². The number of hydrazine groups is 1. The van der Waals surface area contributed by atoms with Gasteiger partial charge in [0.2, 0.25) is 0 Å². The van der Waals surface area contributed by atoms with Crippen molar-refractivity contribution in [3.05, 3.63) is 58.6 Å². The van der Waals surface area contributed by atoms with Crippen LogP contribution in [0.4, 0.5) is 0 Å². The van der Waals surface area contributed by atoms with Crippen LogP contribution in [-0.4, -0.2) is 36.1 Å². The van der Waals surface area contributed by atoms with Crippen LogP contribution in [0, 0.1) is 6.92 Å². The summed E-state index contributed by atoms with van der Waals surface area (Å²) in [6, 6.07) is 11.0. The van der Waals surface area contributed by atoms with Gasteiger partial charge in [0.05, 0.1) is 0 Å². The SMILES string of the molecule is Cc1cccc(C(=O)OCC(=O)NNC(=O)COc2ccc(Cl)cc2)c1O. The Balaban J connectivity index is 1.71. The lowest BCUT2D eigenvalue weighted by Gasteiger charge is -2.10. The van der Waals surface area contributed by atoms with Gasteiger partial charge >= 0.3 is 5.97 Å². The molecule has 9 heteroatoms. The van der Waals surface area contributed by atoms with E-state index in [2.05, 4.69) is 10.9 Å². The van der Waals surface area contributed by atoms with Crippen LogP contribution >= 0.6 is 11.6 Å². The Morgan fingerprint density at radius 2 is 1.63 bits per heavy atom. The molecule has 0 aliphatic heterocycles. The molecule has 0 aliphatic carbocycles. The number of carbonyl (C=O) groups is 3. The third kappa shape index (κ3) is 6.19. The first-order valence-electron chi connectivity index (χ1n) is 7.78. The Kier molecular flexibility index (Phi) is 7.01. The van der Waals surface area contributed by atoms with Gasteiger partial charge in [-0.15, -0.1) is 0 Å². The molecule has 27 heavy (non-hydrogen) atoms. The normalized spacial score (nSPS) is 10.0. The van der Waals surface area contributed by atoms with Crippen molar-refractivity contribution in [2.75, 3.05) is 13.2 Å². The summed E-state index contributed by atoms with van der Waals surface area (Å²) in [5.74, 6) is -2.00. The number of aryl methyl sites for hydroxylation is 1. The highest BCUT2D eigenvalue weighted by atomic mass is 35.5. The smallest absolute Gasteiger partial charge is 0.342 e. The molecule has 0 spiro atoms. The van der Waals surface area contributed by atoms with Gasteiger partial charge in [-0.25, -0.2) is 4.79 Å². The van der Waals surface area contributed by atoms with Crippen LogP contribution < -0.4 is 15.6 Å². The van der Waals surface area contributed by atoms with Crippen molar-refractivity contribution in [3.63, 3.8) is 0 Å². The second-order valence-corrected chi connectivity index (χ2v) is 5.82. The summed E-state index contributed by atoms with van der Waals surface area (Å²) < 4.78 is 9.99. The molecule has 0 heterocycles. The van der Waals surface area contributed by atoms with Crippen LogP contribution in [-0.2, 0) is 14.3 Å². The zero-order valence-electron chi connectivity index (χ0n) is 14.3. The number of aromatic hydroxyl groups is 1. The first kappa shape index (κ1) is 20.1. The van der Waals surface area contributed by atoms with E-state index in [0.717, 1.165) is 0 Å². The highest BCUT2D eigenvalue weighted by Crippen LogP contribution is 2.22. The highest BCUT2D eigenvalue weighted by molar-refractivity contribution is 6.30. The number of nitrogens with one attached hydrogen (secondary N) is 2. The molecular formula is C18H17ClN2O6. The van der Waals surface area contributed by atoms with E-state index >= 15 is 0 Å². The van der Waals surface area contributed by atoms with E-state index < -0.39 is 24.4 Å². The topological polar surface area (TPSA) is 114 Å². The number of amides is 2. The van der Waals surface area contributed by atoms with Gasteiger partial charge in [0.25, 0.3) is 11.8 Å². The molecule has 0 aromatic heterocycles. The minimum absolute atomic E-state index is 0.0526. The van der Waals surface area contributed by atoms with Crippen molar-refractivity contribution in [1.82, 2.24) is 10.9 Å². The van der Waals surface area contributed by atoms with Crippen molar-refractivity contribution in [3.8, 4) is 11.5 Å². The second-order valence-electron chi connectivity index (χ2n) is 5.39. The van der Waals surface area contributed by atoms with E-state index in [1.807, 2.05) is 0 Å². The van der Waals surface area contributed by atoms with Crippen LogP contribution in [0.3, 0.4) is 0 Å². The molecule has 3 N–H and O–H groups in total. The maximum absolute atomic E-state index is 11.9. The Labute approximate surface area is 160 Å². The van der Waals surface area contributed by atoms with Crippen LogP contribution in [0.1, 0.15) is 15.9 Å². The zero-order chi connectivity index (χ0) is 19.8. The number of benzene rings is 2. The zero-order valence-corrected chi connectivity index (χ0v) is 15.1. The number of hydrogen-bond donors (Lipinski definition) is 3. The Hall–Kier alpha value is -3.26. The summed E-state index contributed by atoms with van der Waals surface area (Å²) >= 11 is 5.73. The molecule has 2 rings (SSSR count). The highest BCUT2D eigenvalue weighted by Gasteiger charge is 2.15. The average molecular weight is 393 g/mol. The molecule has 0 radical (unpaired) electrons. The van der Waals surface area contributed by atoms with Gasteiger partial charge in [-0.2, -0.15) is 0 Å². The number of phenolic OH excluding ortho intramolecular Hbond substituents is 1. The molecule has 0 fully saturated rings. The number of phenols is 1. The lowest BCUT2D eigenvalue weighted by Crippen LogP contribution is -2.45. The minimum Gasteiger partial charge on any atom is -0.507 e. The molecule has 0 aliphatic rings. The van der Waals surface area contributed by atoms with Crippen molar-refractivity contribution >= 4 is 29.4 Å². The summed E-state index contributed by atoms with van der Waals surface area (Å²) in [5.41, 5.74) is 4.65. The fourth-order valence-electron chi connectivity index (χ4n) is 1.92. The Bertz CT molecular complexity index is 838. The first-order valence-corrected chi connectivity index (χ1v) is 8.16. The first-order chi connectivity index (χ1) is 12.9. The molecule has 142 valence electrons. The quantitative estimate of drug-likeness (QED) is 0.509. The van der Waals surface area contributed by atoms with E-state index in [1.165, 1.54) is 6.07 Å². The molecule has 2 amide bonds. The number of ether oxygens (including phenoxy) is 2. The maximum Gasteiger partial charge on any atom is 0.342 e. The number of rotatable bonds is 6. The standard InChI is InChI=1S/C18H17ClN2O6/c1-11-3-2-4-14(17(11)24)18(25)27-10-16(23)21-20-15(22)9-26-13-7-5-12(19)6-8-13/h2-8,24H,9-10H2,1H3,(H,20,22)(H,21,23). The minimum atomic E-state index is -0.858. The van der Waals surface area contributed by atoms with Gasteiger partial charge in [0.1, 0.15) is 17.1 Å². The largest absolute Gasteiger partial charge is 0.507 e.